The van der Waals surface area contributed by atoms with Gasteiger partial charge in [0.15, 0.2) is 0 Å². The smallest absolute Gasteiger partial charge is 0.234 e. The first-order valence-corrected chi connectivity index (χ1v) is 9.05. The molecule has 0 spiro atoms. The van der Waals surface area contributed by atoms with Crippen molar-refractivity contribution < 1.29 is 9.53 Å². The van der Waals surface area contributed by atoms with Crippen LogP contribution in [-0.2, 0) is 4.79 Å². The van der Waals surface area contributed by atoms with E-state index >= 15 is 0 Å². The lowest BCUT2D eigenvalue weighted by atomic mass is 10.3. The maximum Gasteiger partial charge on any atom is 0.234 e. The fourth-order valence-electron chi connectivity index (χ4n) is 2.08. The molecular weight excluding hydrogens is 406 g/mol. The summed E-state index contributed by atoms with van der Waals surface area (Å²) >= 11 is 4.65. The summed E-state index contributed by atoms with van der Waals surface area (Å²) in [6.45, 7) is 0. The highest BCUT2D eigenvalue weighted by Gasteiger charge is 2.13. The molecule has 3 rings (SSSR count). The van der Waals surface area contributed by atoms with Crippen LogP contribution in [0.3, 0.4) is 0 Å². The Morgan fingerprint density at radius 3 is 2.76 bits per heavy atom. The molecule has 0 aliphatic heterocycles. The van der Waals surface area contributed by atoms with Gasteiger partial charge in [-0.1, -0.05) is 39.8 Å². The minimum Gasteiger partial charge on any atom is -0.495 e. The normalized spacial score (nSPS) is 10.5. The van der Waals surface area contributed by atoms with Crippen molar-refractivity contribution in [2.45, 2.75) is 5.16 Å². The molecule has 0 saturated heterocycles. The molecule has 7 nitrogen and oxygen atoms in total. The Bertz CT molecular complexity index is 869. The zero-order valence-corrected chi connectivity index (χ0v) is 15.6. The quantitative estimate of drug-likeness (QED) is 0.617. The van der Waals surface area contributed by atoms with E-state index in [1.807, 2.05) is 36.4 Å². The third-order valence-corrected chi connectivity index (χ3v) is 4.67. The van der Waals surface area contributed by atoms with Crippen molar-refractivity contribution in [1.29, 1.82) is 0 Å². The molecule has 1 heterocycles. The van der Waals surface area contributed by atoms with Gasteiger partial charge in [-0.15, -0.1) is 5.10 Å². The van der Waals surface area contributed by atoms with Gasteiger partial charge in [0.25, 0.3) is 0 Å². The lowest BCUT2D eigenvalue weighted by molar-refractivity contribution is -0.113. The van der Waals surface area contributed by atoms with Crippen molar-refractivity contribution in [3.63, 3.8) is 0 Å². The Labute approximate surface area is 156 Å². The highest BCUT2D eigenvalue weighted by Crippen LogP contribution is 2.24. The Morgan fingerprint density at radius 1 is 1.24 bits per heavy atom. The van der Waals surface area contributed by atoms with Crippen LogP contribution in [0.4, 0.5) is 5.69 Å². The van der Waals surface area contributed by atoms with Crippen molar-refractivity contribution >= 4 is 39.3 Å². The number of ether oxygens (including phenoxy) is 1. The molecule has 0 radical (unpaired) electrons. The third kappa shape index (κ3) is 4.37. The zero-order valence-electron chi connectivity index (χ0n) is 13.2. The number of para-hydroxylation sites is 2. The summed E-state index contributed by atoms with van der Waals surface area (Å²) in [6, 6.07) is 14.8. The Balaban J connectivity index is 1.65. The van der Waals surface area contributed by atoms with Crippen LogP contribution >= 0.6 is 27.7 Å². The molecule has 0 unspecified atom stereocenters. The van der Waals surface area contributed by atoms with Crippen LogP contribution in [0.5, 0.6) is 5.75 Å². The van der Waals surface area contributed by atoms with Crippen molar-refractivity contribution in [2.24, 2.45) is 0 Å². The van der Waals surface area contributed by atoms with E-state index in [1.54, 1.807) is 23.9 Å². The van der Waals surface area contributed by atoms with E-state index in [4.69, 9.17) is 4.74 Å². The predicted molar refractivity (Wildman–Crippen MR) is 99.2 cm³/mol. The number of tetrazole rings is 1. The highest BCUT2D eigenvalue weighted by atomic mass is 79.9. The predicted octanol–water partition coefficient (Wildman–Crippen LogP) is 3.16. The number of hydrogen-bond donors (Lipinski definition) is 1. The van der Waals surface area contributed by atoms with Crippen molar-refractivity contribution in [3.8, 4) is 11.4 Å². The number of hydrogen-bond acceptors (Lipinski definition) is 6. The second kappa shape index (κ2) is 8.13. The monoisotopic (exact) mass is 419 g/mol. The van der Waals surface area contributed by atoms with Crippen LogP contribution in [0.15, 0.2) is 58.2 Å². The highest BCUT2D eigenvalue weighted by molar-refractivity contribution is 9.10. The van der Waals surface area contributed by atoms with Crippen molar-refractivity contribution in [2.75, 3.05) is 18.2 Å². The van der Waals surface area contributed by atoms with Crippen LogP contribution in [0.25, 0.3) is 5.69 Å². The number of benzene rings is 2. The van der Waals surface area contributed by atoms with E-state index in [9.17, 15) is 4.79 Å². The molecule has 9 heteroatoms. The summed E-state index contributed by atoms with van der Waals surface area (Å²) in [5.41, 5.74) is 1.45. The van der Waals surface area contributed by atoms with Gasteiger partial charge in [-0.05, 0) is 46.8 Å². The summed E-state index contributed by atoms with van der Waals surface area (Å²) < 4.78 is 7.78. The number of rotatable bonds is 6. The summed E-state index contributed by atoms with van der Waals surface area (Å²) in [7, 11) is 1.56. The van der Waals surface area contributed by atoms with E-state index in [2.05, 4.69) is 36.8 Å². The first kappa shape index (κ1) is 17.4. The minimum absolute atomic E-state index is 0.167. The molecule has 25 heavy (non-hydrogen) atoms. The number of carbonyl (C=O) groups excluding carboxylic acids is 1. The van der Waals surface area contributed by atoms with E-state index in [-0.39, 0.29) is 11.7 Å². The lowest BCUT2D eigenvalue weighted by Crippen LogP contribution is -2.15. The van der Waals surface area contributed by atoms with Crippen molar-refractivity contribution in [1.82, 2.24) is 20.2 Å². The average molecular weight is 420 g/mol. The molecular formula is C16H14BrN5O2S. The van der Waals surface area contributed by atoms with Gasteiger partial charge in [0, 0.05) is 4.47 Å². The van der Waals surface area contributed by atoms with Gasteiger partial charge in [0.2, 0.25) is 11.1 Å². The van der Waals surface area contributed by atoms with Gasteiger partial charge < -0.3 is 10.1 Å². The maximum absolute atomic E-state index is 12.2. The third-order valence-electron chi connectivity index (χ3n) is 3.23. The number of nitrogens with one attached hydrogen (secondary N) is 1. The molecule has 128 valence electrons. The SMILES string of the molecule is COc1ccccc1NC(=O)CSc1nnnn1-c1ccc(Br)cc1. The molecule has 0 aliphatic rings. The maximum atomic E-state index is 12.2. The van der Waals surface area contributed by atoms with Gasteiger partial charge >= 0.3 is 0 Å². The van der Waals surface area contributed by atoms with Crippen LogP contribution in [-0.4, -0.2) is 39.0 Å². The number of carbonyl (C=O) groups is 1. The van der Waals surface area contributed by atoms with Crippen LogP contribution in [0, 0.1) is 0 Å². The number of methoxy groups -OCH3 is 1. The topological polar surface area (TPSA) is 81.9 Å². The van der Waals surface area contributed by atoms with Crippen LogP contribution < -0.4 is 10.1 Å². The summed E-state index contributed by atoms with van der Waals surface area (Å²) in [6.07, 6.45) is 0. The minimum atomic E-state index is -0.167. The van der Waals surface area contributed by atoms with E-state index in [0.717, 1.165) is 10.2 Å². The van der Waals surface area contributed by atoms with E-state index in [1.165, 1.54) is 11.8 Å². The van der Waals surface area contributed by atoms with Gasteiger partial charge in [-0.3, -0.25) is 4.79 Å². The van der Waals surface area contributed by atoms with Crippen LogP contribution in [0.2, 0.25) is 0 Å². The zero-order chi connectivity index (χ0) is 17.6. The Kier molecular flexibility index (Phi) is 5.67. The standard InChI is InChI=1S/C16H14BrN5O2S/c1-24-14-5-3-2-4-13(14)18-15(23)10-25-16-19-20-21-22(16)12-8-6-11(17)7-9-12/h2-9H,10H2,1H3,(H,18,23). The van der Waals surface area contributed by atoms with Crippen molar-refractivity contribution in [3.05, 3.63) is 53.0 Å². The van der Waals surface area contributed by atoms with E-state index in [0.29, 0.717) is 16.6 Å². The summed E-state index contributed by atoms with van der Waals surface area (Å²) in [5.74, 6) is 0.620. The van der Waals surface area contributed by atoms with Crippen LogP contribution in [0.1, 0.15) is 0 Å². The molecule has 0 bridgehead atoms. The molecule has 0 saturated carbocycles. The number of amides is 1. The largest absolute Gasteiger partial charge is 0.495 e. The first-order chi connectivity index (χ1) is 12.2. The molecule has 0 aliphatic carbocycles. The number of anilines is 1. The number of thioether (sulfide) groups is 1. The van der Waals surface area contributed by atoms with Gasteiger partial charge in [-0.2, -0.15) is 4.68 Å². The molecule has 0 fully saturated rings. The van der Waals surface area contributed by atoms with Gasteiger partial charge in [0.1, 0.15) is 5.75 Å². The molecule has 0 atom stereocenters. The number of nitrogens with zero attached hydrogens (tertiary/aromatic N) is 4. The second-order valence-electron chi connectivity index (χ2n) is 4.89. The first-order valence-electron chi connectivity index (χ1n) is 7.27. The fourth-order valence-corrected chi connectivity index (χ4v) is 3.03. The second-order valence-corrected chi connectivity index (χ2v) is 6.74. The average Bonchev–Trinajstić information content (AvgIpc) is 3.09. The molecule has 1 aromatic heterocycles. The molecule has 2 aromatic carbocycles. The Morgan fingerprint density at radius 2 is 2.00 bits per heavy atom. The van der Waals surface area contributed by atoms with E-state index < -0.39 is 0 Å². The summed E-state index contributed by atoms with van der Waals surface area (Å²) in [4.78, 5) is 12.2. The summed E-state index contributed by atoms with van der Waals surface area (Å²) in [5, 5.41) is 15.0. The fraction of sp³-hybridized carbons (Fsp3) is 0.125. The van der Waals surface area contributed by atoms with Gasteiger partial charge in [0.05, 0.1) is 24.2 Å². The number of aromatic nitrogens is 4. The van der Waals surface area contributed by atoms with Gasteiger partial charge in [-0.25, -0.2) is 0 Å². The molecule has 1 amide bonds. The molecule has 3 aromatic rings. The molecule has 1 N–H and O–H groups in total. The Hall–Kier alpha value is -2.39. The lowest BCUT2D eigenvalue weighted by Gasteiger charge is -2.09. The number of halogens is 1.